The second-order valence-corrected chi connectivity index (χ2v) is 8.50. The third kappa shape index (κ3) is 3.95. The van der Waals surface area contributed by atoms with Crippen LogP contribution in [-0.4, -0.2) is 34.7 Å². The Labute approximate surface area is 132 Å². The molecule has 1 aliphatic rings. The highest BCUT2D eigenvalue weighted by Gasteiger charge is 2.28. The predicted molar refractivity (Wildman–Crippen MR) is 84.3 cm³/mol. The summed E-state index contributed by atoms with van der Waals surface area (Å²) in [6.07, 6.45) is 1.71. The molecule has 1 amide bonds. The highest BCUT2D eigenvalue weighted by molar-refractivity contribution is 9.11. The molecule has 2 heterocycles. The van der Waals surface area contributed by atoms with Gasteiger partial charge in [0, 0.05) is 19.0 Å². The fraction of sp³-hybridized carbons (Fsp3) is 0.714. The van der Waals surface area contributed by atoms with Crippen LogP contribution in [0, 0.1) is 6.92 Å². The van der Waals surface area contributed by atoms with Gasteiger partial charge in [-0.15, -0.1) is 11.3 Å². The number of aryl methyl sites for hydroxylation is 1. The number of hydrogen-bond donors (Lipinski definition) is 0. The van der Waals surface area contributed by atoms with Crippen LogP contribution in [0.5, 0.6) is 0 Å². The van der Waals surface area contributed by atoms with Crippen molar-refractivity contribution in [2.45, 2.75) is 52.1 Å². The zero-order valence-corrected chi connectivity index (χ0v) is 14.8. The first-order chi connectivity index (χ1) is 9.26. The Kier molecular flexibility index (Phi) is 4.74. The minimum absolute atomic E-state index is 0.201. The number of aromatic nitrogens is 1. The van der Waals surface area contributed by atoms with E-state index in [9.17, 15) is 4.79 Å². The molecule has 1 saturated heterocycles. The molecular weight excluding hydrogens is 340 g/mol. The second kappa shape index (κ2) is 6.02. The molecule has 0 N–H and O–H groups in total. The lowest BCUT2D eigenvalue weighted by Gasteiger charge is -2.32. The molecule has 112 valence electrons. The summed E-state index contributed by atoms with van der Waals surface area (Å²) in [4.78, 5) is 18.4. The Morgan fingerprint density at radius 1 is 1.40 bits per heavy atom. The number of amides is 1. The van der Waals surface area contributed by atoms with Gasteiger partial charge in [-0.3, -0.25) is 0 Å². The Hall–Kier alpha value is -0.620. The molecule has 2 rings (SSSR count). The van der Waals surface area contributed by atoms with Gasteiger partial charge in [-0.25, -0.2) is 9.78 Å². The van der Waals surface area contributed by atoms with Crippen LogP contribution in [0.25, 0.3) is 0 Å². The van der Waals surface area contributed by atoms with Crippen molar-refractivity contribution in [2.24, 2.45) is 0 Å². The van der Waals surface area contributed by atoms with Crippen LogP contribution in [0.1, 0.15) is 50.2 Å². The van der Waals surface area contributed by atoms with Crippen molar-refractivity contribution >= 4 is 33.4 Å². The largest absolute Gasteiger partial charge is 0.444 e. The van der Waals surface area contributed by atoms with Crippen molar-refractivity contribution < 1.29 is 9.53 Å². The molecule has 6 heteroatoms. The molecular formula is C14H21BrN2O2S. The van der Waals surface area contributed by atoms with Crippen LogP contribution in [0.2, 0.25) is 0 Å². The predicted octanol–water partition coefficient (Wildman–Crippen LogP) is 4.33. The number of carbonyl (C=O) groups is 1. The highest BCUT2D eigenvalue weighted by atomic mass is 79.9. The number of hydrogen-bond acceptors (Lipinski definition) is 4. The number of nitrogens with zero attached hydrogens (tertiary/aromatic N) is 2. The minimum atomic E-state index is -0.425. The molecule has 0 aliphatic carbocycles. The van der Waals surface area contributed by atoms with E-state index in [1.54, 1.807) is 16.2 Å². The van der Waals surface area contributed by atoms with Crippen molar-refractivity contribution in [3.63, 3.8) is 0 Å². The molecule has 1 aromatic rings. The maximum Gasteiger partial charge on any atom is 0.410 e. The molecule has 0 aromatic carbocycles. The van der Waals surface area contributed by atoms with Gasteiger partial charge < -0.3 is 9.64 Å². The summed E-state index contributed by atoms with van der Waals surface area (Å²) in [7, 11) is 0. The van der Waals surface area contributed by atoms with Gasteiger partial charge in [0.05, 0.1) is 14.5 Å². The van der Waals surface area contributed by atoms with E-state index in [1.807, 2.05) is 27.7 Å². The van der Waals surface area contributed by atoms with Crippen LogP contribution in [0.3, 0.4) is 0 Å². The normalized spacial score (nSPS) is 17.4. The van der Waals surface area contributed by atoms with Gasteiger partial charge in [-0.05, 0) is 56.5 Å². The fourth-order valence-electron chi connectivity index (χ4n) is 2.21. The molecule has 0 atom stereocenters. The number of ether oxygens (including phenoxy) is 1. The van der Waals surface area contributed by atoms with E-state index in [1.165, 1.54) is 5.01 Å². The van der Waals surface area contributed by atoms with Gasteiger partial charge in [0.2, 0.25) is 0 Å². The van der Waals surface area contributed by atoms with E-state index in [4.69, 9.17) is 4.74 Å². The standard InChI is InChI=1S/C14H21BrN2O2S/c1-9-11(15)20-12(16-9)10-5-7-17(8-6-10)13(18)19-14(2,3)4/h10H,5-8H2,1-4H3. The topological polar surface area (TPSA) is 42.4 Å². The van der Waals surface area contributed by atoms with Crippen LogP contribution in [0.4, 0.5) is 4.79 Å². The molecule has 1 aromatic heterocycles. The molecule has 0 bridgehead atoms. The van der Waals surface area contributed by atoms with Crippen LogP contribution in [0.15, 0.2) is 3.79 Å². The third-order valence-electron chi connectivity index (χ3n) is 3.25. The summed E-state index contributed by atoms with van der Waals surface area (Å²) in [5.74, 6) is 0.462. The molecule has 0 radical (unpaired) electrons. The molecule has 0 saturated carbocycles. The van der Waals surface area contributed by atoms with Gasteiger partial charge in [0.1, 0.15) is 5.60 Å². The van der Waals surface area contributed by atoms with E-state index >= 15 is 0 Å². The Bertz CT molecular complexity index is 468. The van der Waals surface area contributed by atoms with Crippen LogP contribution in [-0.2, 0) is 4.74 Å². The fourth-order valence-corrected chi connectivity index (χ4v) is 3.76. The number of halogens is 1. The molecule has 4 nitrogen and oxygen atoms in total. The lowest BCUT2D eigenvalue weighted by Crippen LogP contribution is -2.41. The number of likely N-dealkylation sites (tertiary alicyclic amines) is 1. The zero-order valence-electron chi connectivity index (χ0n) is 12.4. The third-order valence-corrected chi connectivity index (χ3v) is 5.42. The van der Waals surface area contributed by atoms with Crippen LogP contribution >= 0.6 is 27.3 Å². The minimum Gasteiger partial charge on any atom is -0.444 e. The maximum atomic E-state index is 12.0. The second-order valence-electron chi connectivity index (χ2n) is 6.15. The van der Waals surface area contributed by atoms with Crippen molar-refractivity contribution in [1.29, 1.82) is 0 Å². The SMILES string of the molecule is Cc1nc(C2CCN(C(=O)OC(C)(C)C)CC2)sc1Br. The van der Waals surface area contributed by atoms with E-state index in [2.05, 4.69) is 20.9 Å². The number of thiazole rings is 1. The van der Waals surface area contributed by atoms with Crippen LogP contribution < -0.4 is 0 Å². The Morgan fingerprint density at radius 2 is 2.00 bits per heavy atom. The lowest BCUT2D eigenvalue weighted by molar-refractivity contribution is 0.0205. The molecule has 20 heavy (non-hydrogen) atoms. The Balaban J connectivity index is 1.91. The summed E-state index contributed by atoms with van der Waals surface area (Å²) in [5, 5.41) is 1.18. The first-order valence-electron chi connectivity index (χ1n) is 6.87. The first-order valence-corrected chi connectivity index (χ1v) is 8.48. The monoisotopic (exact) mass is 360 g/mol. The van der Waals surface area contributed by atoms with Crippen molar-refractivity contribution in [2.75, 3.05) is 13.1 Å². The average Bonchev–Trinajstić information content (AvgIpc) is 2.68. The number of rotatable bonds is 1. The Morgan fingerprint density at radius 3 is 2.45 bits per heavy atom. The quantitative estimate of drug-likeness (QED) is 0.748. The maximum absolute atomic E-state index is 12.0. The number of piperidine rings is 1. The summed E-state index contributed by atoms with van der Waals surface area (Å²) in [5.41, 5.74) is 0.630. The van der Waals surface area contributed by atoms with Gasteiger partial charge in [-0.1, -0.05) is 0 Å². The van der Waals surface area contributed by atoms with E-state index in [0.717, 1.165) is 35.4 Å². The summed E-state index contributed by atoms with van der Waals surface area (Å²) >= 11 is 5.23. The van der Waals surface area contributed by atoms with E-state index in [0.29, 0.717) is 5.92 Å². The van der Waals surface area contributed by atoms with Crippen molar-refractivity contribution in [3.8, 4) is 0 Å². The van der Waals surface area contributed by atoms with Gasteiger partial charge >= 0.3 is 6.09 Å². The summed E-state index contributed by atoms with van der Waals surface area (Å²) < 4.78 is 6.52. The molecule has 0 unspecified atom stereocenters. The summed E-state index contributed by atoms with van der Waals surface area (Å²) in [6, 6.07) is 0. The van der Waals surface area contributed by atoms with Crippen molar-refractivity contribution in [3.05, 3.63) is 14.5 Å². The van der Waals surface area contributed by atoms with E-state index in [-0.39, 0.29) is 6.09 Å². The van der Waals surface area contributed by atoms with Gasteiger partial charge in [0.25, 0.3) is 0 Å². The lowest BCUT2D eigenvalue weighted by atomic mass is 9.98. The zero-order chi connectivity index (χ0) is 14.9. The average molecular weight is 361 g/mol. The molecule has 1 fully saturated rings. The van der Waals surface area contributed by atoms with E-state index < -0.39 is 5.60 Å². The van der Waals surface area contributed by atoms with Crippen molar-refractivity contribution in [1.82, 2.24) is 9.88 Å². The van der Waals surface area contributed by atoms with Gasteiger partial charge in [0.15, 0.2) is 0 Å². The molecule has 0 spiro atoms. The smallest absolute Gasteiger partial charge is 0.410 e. The highest BCUT2D eigenvalue weighted by Crippen LogP contribution is 2.35. The number of carbonyl (C=O) groups excluding carboxylic acids is 1. The first kappa shape index (κ1) is 15.8. The molecule has 1 aliphatic heterocycles. The van der Waals surface area contributed by atoms with Gasteiger partial charge in [-0.2, -0.15) is 0 Å². The summed E-state index contributed by atoms with van der Waals surface area (Å²) in [6.45, 7) is 9.19.